The molecule has 2 rings (SSSR count). The fraction of sp³-hybridized carbons (Fsp3) is 0.562. The first kappa shape index (κ1) is 19.6. The highest BCUT2D eigenvalue weighted by molar-refractivity contribution is 7.92. The SMILES string of the molecule is CN=C(NCc1ccc(C(F)(F)F)cc1)N1CCS(=O)(=O)C(C)(C)C1. The van der Waals surface area contributed by atoms with Crippen molar-refractivity contribution >= 4 is 15.8 Å². The fourth-order valence-electron chi connectivity index (χ4n) is 2.65. The summed E-state index contributed by atoms with van der Waals surface area (Å²) in [4.78, 5) is 6.01. The van der Waals surface area contributed by atoms with Gasteiger partial charge in [0.15, 0.2) is 15.8 Å². The summed E-state index contributed by atoms with van der Waals surface area (Å²) < 4.78 is 61.0. The Morgan fingerprint density at radius 2 is 1.88 bits per heavy atom. The number of benzene rings is 1. The van der Waals surface area contributed by atoms with Crippen LogP contribution < -0.4 is 5.32 Å². The molecule has 0 radical (unpaired) electrons. The van der Waals surface area contributed by atoms with Crippen LogP contribution in [-0.2, 0) is 22.6 Å². The zero-order valence-electron chi connectivity index (χ0n) is 14.4. The first-order chi connectivity index (χ1) is 11.5. The largest absolute Gasteiger partial charge is 0.416 e. The standard InChI is InChI=1S/C16H22F3N3O2S/c1-15(2)11-22(8-9-25(15,23)24)14(20-3)21-10-12-4-6-13(7-5-12)16(17,18)19/h4-7H,8-11H2,1-3H3,(H,20,21). The molecule has 0 saturated carbocycles. The van der Waals surface area contributed by atoms with Gasteiger partial charge < -0.3 is 10.2 Å². The average Bonchev–Trinajstić information content (AvgIpc) is 2.51. The Hall–Kier alpha value is -1.77. The summed E-state index contributed by atoms with van der Waals surface area (Å²) in [6, 6.07) is 4.90. The fourth-order valence-corrected chi connectivity index (χ4v) is 4.02. The van der Waals surface area contributed by atoms with Crippen molar-refractivity contribution in [2.75, 3.05) is 25.9 Å². The highest BCUT2D eigenvalue weighted by Gasteiger charge is 2.40. The second-order valence-corrected chi connectivity index (χ2v) is 9.34. The number of nitrogens with one attached hydrogen (secondary N) is 1. The third-order valence-electron chi connectivity index (χ3n) is 4.29. The predicted molar refractivity (Wildman–Crippen MR) is 91.1 cm³/mol. The third kappa shape index (κ3) is 4.45. The summed E-state index contributed by atoms with van der Waals surface area (Å²) in [5.41, 5.74) is -0.0124. The molecule has 0 aromatic heterocycles. The number of hydrogen-bond acceptors (Lipinski definition) is 3. The Morgan fingerprint density at radius 1 is 1.28 bits per heavy atom. The van der Waals surface area contributed by atoms with Crippen LogP contribution >= 0.6 is 0 Å². The molecular weight excluding hydrogens is 355 g/mol. The molecule has 0 aliphatic carbocycles. The monoisotopic (exact) mass is 377 g/mol. The Balaban J connectivity index is 2.02. The number of rotatable bonds is 2. The molecule has 0 atom stereocenters. The van der Waals surface area contributed by atoms with Gasteiger partial charge >= 0.3 is 6.18 Å². The van der Waals surface area contributed by atoms with Crippen molar-refractivity contribution in [2.24, 2.45) is 4.99 Å². The zero-order chi connectivity index (χ0) is 18.9. The van der Waals surface area contributed by atoms with Gasteiger partial charge in [-0.3, -0.25) is 4.99 Å². The van der Waals surface area contributed by atoms with E-state index in [4.69, 9.17) is 0 Å². The molecule has 25 heavy (non-hydrogen) atoms. The lowest BCUT2D eigenvalue weighted by molar-refractivity contribution is -0.137. The first-order valence-corrected chi connectivity index (χ1v) is 9.45. The number of hydrogen-bond donors (Lipinski definition) is 1. The molecule has 5 nitrogen and oxygen atoms in total. The van der Waals surface area contributed by atoms with E-state index in [1.807, 2.05) is 4.90 Å². The summed E-state index contributed by atoms with van der Waals surface area (Å²) in [5.74, 6) is 0.573. The Bertz CT molecular complexity index is 741. The van der Waals surface area contributed by atoms with Gasteiger partial charge in [0.25, 0.3) is 0 Å². The second kappa shape index (κ2) is 6.86. The summed E-state index contributed by atoms with van der Waals surface area (Å²) in [6.07, 6.45) is -4.35. The zero-order valence-corrected chi connectivity index (χ0v) is 15.2. The maximum absolute atomic E-state index is 12.6. The maximum Gasteiger partial charge on any atom is 0.416 e. The molecule has 1 aliphatic heterocycles. The molecule has 0 bridgehead atoms. The van der Waals surface area contributed by atoms with E-state index in [0.29, 0.717) is 31.2 Å². The van der Waals surface area contributed by atoms with Crippen molar-refractivity contribution in [2.45, 2.75) is 31.3 Å². The molecule has 140 valence electrons. The second-order valence-electron chi connectivity index (χ2n) is 6.60. The molecule has 1 aromatic carbocycles. The van der Waals surface area contributed by atoms with E-state index in [0.717, 1.165) is 12.1 Å². The third-order valence-corrected chi connectivity index (χ3v) is 6.82. The summed E-state index contributed by atoms with van der Waals surface area (Å²) in [5, 5.41) is 3.08. The van der Waals surface area contributed by atoms with Gasteiger partial charge in [0.05, 0.1) is 16.1 Å². The van der Waals surface area contributed by atoms with Crippen molar-refractivity contribution in [3.05, 3.63) is 35.4 Å². The minimum absolute atomic E-state index is 0.0426. The predicted octanol–water partition coefficient (Wildman–Crippen LogP) is 2.29. The molecule has 1 N–H and O–H groups in total. The molecule has 1 aliphatic rings. The maximum atomic E-state index is 12.6. The average molecular weight is 377 g/mol. The van der Waals surface area contributed by atoms with Crippen LogP contribution in [0, 0.1) is 0 Å². The number of guanidine groups is 1. The van der Waals surface area contributed by atoms with Gasteiger partial charge in [-0.15, -0.1) is 0 Å². The number of nitrogens with zero attached hydrogens (tertiary/aromatic N) is 2. The quantitative estimate of drug-likeness (QED) is 0.635. The molecule has 1 saturated heterocycles. The lowest BCUT2D eigenvalue weighted by Crippen LogP contribution is -2.57. The first-order valence-electron chi connectivity index (χ1n) is 7.80. The Labute approximate surface area is 145 Å². The van der Waals surface area contributed by atoms with Crippen molar-refractivity contribution in [1.82, 2.24) is 10.2 Å². The minimum atomic E-state index is -4.35. The van der Waals surface area contributed by atoms with Crippen molar-refractivity contribution < 1.29 is 21.6 Å². The van der Waals surface area contributed by atoms with Crippen LogP contribution in [0.4, 0.5) is 13.2 Å². The van der Waals surface area contributed by atoms with Gasteiger partial charge in [0.2, 0.25) is 0 Å². The van der Waals surface area contributed by atoms with Crippen molar-refractivity contribution in [3.8, 4) is 0 Å². The smallest absolute Gasteiger partial charge is 0.352 e. The minimum Gasteiger partial charge on any atom is -0.352 e. The van der Waals surface area contributed by atoms with Gasteiger partial charge in [-0.25, -0.2) is 8.42 Å². The van der Waals surface area contributed by atoms with Crippen LogP contribution in [0.1, 0.15) is 25.0 Å². The highest BCUT2D eigenvalue weighted by Crippen LogP contribution is 2.29. The van der Waals surface area contributed by atoms with Crippen LogP contribution in [0.3, 0.4) is 0 Å². The van der Waals surface area contributed by atoms with E-state index >= 15 is 0 Å². The van der Waals surface area contributed by atoms with E-state index in [2.05, 4.69) is 10.3 Å². The van der Waals surface area contributed by atoms with Gasteiger partial charge in [0, 0.05) is 26.7 Å². The molecule has 1 aromatic rings. The molecule has 0 spiro atoms. The Morgan fingerprint density at radius 3 is 2.36 bits per heavy atom. The number of halogens is 3. The van der Waals surface area contributed by atoms with Crippen LogP contribution in [0.25, 0.3) is 0 Å². The van der Waals surface area contributed by atoms with Gasteiger partial charge in [-0.05, 0) is 31.5 Å². The van der Waals surface area contributed by atoms with E-state index in [1.165, 1.54) is 12.1 Å². The van der Waals surface area contributed by atoms with Gasteiger partial charge in [-0.2, -0.15) is 13.2 Å². The van der Waals surface area contributed by atoms with Crippen molar-refractivity contribution in [3.63, 3.8) is 0 Å². The molecule has 1 heterocycles. The van der Waals surface area contributed by atoms with E-state index in [-0.39, 0.29) is 5.75 Å². The van der Waals surface area contributed by atoms with E-state index in [9.17, 15) is 21.6 Å². The summed E-state index contributed by atoms with van der Waals surface area (Å²) in [6.45, 7) is 4.30. The van der Waals surface area contributed by atoms with Gasteiger partial charge in [-0.1, -0.05) is 12.1 Å². The lowest BCUT2D eigenvalue weighted by atomic mass is 10.1. The highest BCUT2D eigenvalue weighted by atomic mass is 32.2. The van der Waals surface area contributed by atoms with Crippen LogP contribution in [-0.4, -0.2) is 49.9 Å². The summed E-state index contributed by atoms with van der Waals surface area (Å²) >= 11 is 0. The van der Waals surface area contributed by atoms with E-state index in [1.54, 1.807) is 20.9 Å². The molecule has 0 unspecified atom stereocenters. The normalized spacial score (nSPS) is 20.4. The number of alkyl halides is 3. The van der Waals surface area contributed by atoms with Crippen molar-refractivity contribution in [1.29, 1.82) is 0 Å². The lowest BCUT2D eigenvalue weighted by Gasteiger charge is -2.39. The molecule has 1 fully saturated rings. The molecular formula is C16H22F3N3O2S. The van der Waals surface area contributed by atoms with Crippen LogP contribution in [0.15, 0.2) is 29.3 Å². The molecule has 9 heteroatoms. The van der Waals surface area contributed by atoms with Crippen LogP contribution in [0.2, 0.25) is 0 Å². The van der Waals surface area contributed by atoms with Gasteiger partial charge in [0.1, 0.15) is 0 Å². The summed E-state index contributed by atoms with van der Waals surface area (Å²) in [7, 11) is -1.56. The number of aliphatic imine (C=N–C) groups is 1. The number of sulfone groups is 1. The topological polar surface area (TPSA) is 61.8 Å². The van der Waals surface area contributed by atoms with Crippen LogP contribution in [0.5, 0.6) is 0 Å². The Kier molecular flexibility index (Phi) is 5.36. The molecule has 0 amide bonds. The van der Waals surface area contributed by atoms with E-state index < -0.39 is 26.3 Å².